The minimum atomic E-state index is -0.835. The molecule has 0 saturated carbocycles. The number of hydrogen-bond acceptors (Lipinski definition) is 3. The number of hydrogen-bond donors (Lipinski definition) is 1. The third-order valence-corrected chi connectivity index (χ3v) is 3.98. The van der Waals surface area contributed by atoms with E-state index in [2.05, 4.69) is 12.0 Å². The summed E-state index contributed by atoms with van der Waals surface area (Å²) in [6.07, 6.45) is 4.14. The van der Waals surface area contributed by atoms with Crippen molar-refractivity contribution in [1.29, 1.82) is 0 Å². The van der Waals surface area contributed by atoms with E-state index in [1.54, 1.807) is 11.1 Å². The zero-order chi connectivity index (χ0) is 15.4. The van der Waals surface area contributed by atoms with E-state index in [4.69, 9.17) is 0 Å². The van der Waals surface area contributed by atoms with Crippen LogP contribution in [-0.4, -0.2) is 38.2 Å². The van der Waals surface area contributed by atoms with Gasteiger partial charge in [-0.3, -0.25) is 14.3 Å². The van der Waals surface area contributed by atoms with Crippen molar-refractivity contribution in [2.24, 2.45) is 5.92 Å². The van der Waals surface area contributed by atoms with Gasteiger partial charge in [-0.15, -0.1) is 0 Å². The molecule has 2 heterocycles. The molecular weight excluding hydrogens is 270 g/mol. The molecule has 1 aliphatic rings. The quantitative estimate of drug-likeness (QED) is 0.871. The summed E-state index contributed by atoms with van der Waals surface area (Å²) in [4.78, 5) is 25.6. The molecule has 0 radical (unpaired) electrons. The smallest absolute Gasteiger partial charge is 0.309 e. The Morgan fingerprint density at radius 3 is 2.71 bits per heavy atom. The Bertz CT molecular complexity index is 512. The van der Waals surface area contributed by atoms with Gasteiger partial charge < -0.3 is 10.0 Å². The van der Waals surface area contributed by atoms with Crippen molar-refractivity contribution in [2.75, 3.05) is 6.54 Å². The lowest BCUT2D eigenvalue weighted by atomic mass is 9.86. The monoisotopic (exact) mass is 293 g/mol. The average Bonchev–Trinajstić information content (AvgIpc) is 2.89. The van der Waals surface area contributed by atoms with Crippen LogP contribution in [0.5, 0.6) is 0 Å². The number of aromatic nitrogens is 2. The highest BCUT2D eigenvalue weighted by atomic mass is 16.4. The van der Waals surface area contributed by atoms with Crippen LogP contribution in [0.25, 0.3) is 0 Å². The minimum Gasteiger partial charge on any atom is -0.481 e. The van der Waals surface area contributed by atoms with E-state index >= 15 is 0 Å². The molecule has 2 unspecified atom stereocenters. The van der Waals surface area contributed by atoms with Crippen LogP contribution >= 0.6 is 0 Å². The van der Waals surface area contributed by atoms with Crippen molar-refractivity contribution >= 4 is 11.9 Å². The first-order chi connectivity index (χ1) is 10.1. The van der Waals surface area contributed by atoms with Crippen LogP contribution in [0.2, 0.25) is 0 Å². The molecule has 1 aromatic heterocycles. The van der Waals surface area contributed by atoms with Crippen molar-refractivity contribution in [3.05, 3.63) is 18.0 Å². The fourth-order valence-electron chi connectivity index (χ4n) is 3.07. The highest BCUT2D eigenvalue weighted by molar-refractivity contribution is 5.81. The number of carbonyl (C=O) groups excluding carboxylic acids is 1. The van der Waals surface area contributed by atoms with Gasteiger partial charge in [-0.25, -0.2) is 0 Å². The van der Waals surface area contributed by atoms with E-state index < -0.39 is 17.9 Å². The SMILES string of the molecule is CCCN1C(=O)CCC(C(=O)O)C1c1ccnn1CCC. The number of nitrogens with zero attached hydrogens (tertiary/aromatic N) is 3. The summed E-state index contributed by atoms with van der Waals surface area (Å²) in [5.74, 6) is -1.34. The summed E-state index contributed by atoms with van der Waals surface area (Å²) in [5, 5.41) is 13.8. The second kappa shape index (κ2) is 6.74. The Hall–Kier alpha value is -1.85. The molecule has 21 heavy (non-hydrogen) atoms. The van der Waals surface area contributed by atoms with E-state index in [1.807, 2.05) is 17.7 Å². The number of likely N-dealkylation sites (tertiary alicyclic amines) is 1. The van der Waals surface area contributed by atoms with E-state index in [0.29, 0.717) is 19.4 Å². The normalized spacial score (nSPS) is 22.6. The molecular formula is C15H23N3O3. The summed E-state index contributed by atoms with van der Waals surface area (Å²) >= 11 is 0. The van der Waals surface area contributed by atoms with E-state index in [-0.39, 0.29) is 5.91 Å². The number of amides is 1. The van der Waals surface area contributed by atoms with Crippen LogP contribution in [0, 0.1) is 5.92 Å². The van der Waals surface area contributed by atoms with Crippen LogP contribution in [0.4, 0.5) is 0 Å². The lowest BCUT2D eigenvalue weighted by molar-refractivity contribution is -0.152. The second-order valence-electron chi connectivity index (χ2n) is 5.49. The first kappa shape index (κ1) is 15.5. The maximum absolute atomic E-state index is 12.2. The highest BCUT2D eigenvalue weighted by Gasteiger charge is 2.41. The summed E-state index contributed by atoms with van der Waals surface area (Å²) in [6, 6.07) is 1.44. The fraction of sp³-hybridized carbons (Fsp3) is 0.667. The predicted molar refractivity (Wildman–Crippen MR) is 77.6 cm³/mol. The van der Waals surface area contributed by atoms with Crippen LogP contribution in [0.3, 0.4) is 0 Å². The molecule has 0 aromatic carbocycles. The number of rotatable bonds is 6. The average molecular weight is 293 g/mol. The molecule has 1 aliphatic heterocycles. The number of carboxylic acid groups (broad SMARTS) is 1. The van der Waals surface area contributed by atoms with Crippen molar-refractivity contribution in [1.82, 2.24) is 14.7 Å². The van der Waals surface area contributed by atoms with Crippen LogP contribution in [0.1, 0.15) is 51.3 Å². The topological polar surface area (TPSA) is 75.4 Å². The highest BCUT2D eigenvalue weighted by Crippen LogP contribution is 2.37. The predicted octanol–water partition coefficient (Wildman–Crippen LogP) is 2.07. The molecule has 1 amide bonds. The number of aliphatic carboxylic acids is 1. The van der Waals surface area contributed by atoms with Gasteiger partial charge in [0.05, 0.1) is 17.7 Å². The number of carbonyl (C=O) groups is 2. The van der Waals surface area contributed by atoms with Crippen molar-refractivity contribution in [3.8, 4) is 0 Å². The molecule has 0 spiro atoms. The van der Waals surface area contributed by atoms with Gasteiger partial charge in [0.25, 0.3) is 0 Å². The summed E-state index contributed by atoms with van der Waals surface area (Å²) in [7, 11) is 0. The first-order valence-electron chi connectivity index (χ1n) is 7.64. The maximum atomic E-state index is 12.2. The van der Waals surface area contributed by atoms with Crippen molar-refractivity contribution in [2.45, 2.75) is 52.1 Å². The standard InChI is InChI=1S/C15H23N3O3/c1-3-9-17-13(19)6-5-11(15(20)21)14(17)12-7-8-16-18(12)10-4-2/h7-8,11,14H,3-6,9-10H2,1-2H3,(H,20,21). The largest absolute Gasteiger partial charge is 0.481 e. The Morgan fingerprint density at radius 2 is 2.10 bits per heavy atom. The zero-order valence-corrected chi connectivity index (χ0v) is 12.7. The Kier molecular flexibility index (Phi) is 4.98. The lowest BCUT2D eigenvalue weighted by Crippen LogP contribution is -2.46. The van der Waals surface area contributed by atoms with E-state index in [9.17, 15) is 14.7 Å². The lowest BCUT2D eigenvalue weighted by Gasteiger charge is -2.39. The Labute approximate surface area is 124 Å². The Balaban J connectivity index is 2.41. The van der Waals surface area contributed by atoms with Crippen molar-refractivity contribution < 1.29 is 14.7 Å². The van der Waals surface area contributed by atoms with Gasteiger partial charge in [0.1, 0.15) is 0 Å². The van der Waals surface area contributed by atoms with Gasteiger partial charge in [-0.05, 0) is 25.3 Å². The molecule has 2 atom stereocenters. The second-order valence-corrected chi connectivity index (χ2v) is 5.49. The molecule has 2 rings (SSSR count). The van der Waals surface area contributed by atoms with E-state index in [1.165, 1.54) is 0 Å². The summed E-state index contributed by atoms with van der Waals surface area (Å²) < 4.78 is 1.84. The Morgan fingerprint density at radius 1 is 1.38 bits per heavy atom. The maximum Gasteiger partial charge on any atom is 0.309 e. The molecule has 1 aromatic rings. The van der Waals surface area contributed by atoms with Gasteiger partial charge in [0.2, 0.25) is 5.91 Å². The van der Waals surface area contributed by atoms with Crippen LogP contribution in [0.15, 0.2) is 12.3 Å². The molecule has 116 valence electrons. The fourth-order valence-corrected chi connectivity index (χ4v) is 3.07. The van der Waals surface area contributed by atoms with E-state index in [0.717, 1.165) is 25.1 Å². The molecule has 1 N–H and O–H groups in total. The number of aryl methyl sites for hydroxylation is 1. The molecule has 6 nitrogen and oxygen atoms in total. The van der Waals surface area contributed by atoms with Crippen molar-refractivity contribution in [3.63, 3.8) is 0 Å². The van der Waals surface area contributed by atoms with Gasteiger partial charge in [-0.1, -0.05) is 13.8 Å². The van der Waals surface area contributed by atoms with Crippen LogP contribution < -0.4 is 0 Å². The first-order valence-corrected chi connectivity index (χ1v) is 7.64. The minimum absolute atomic E-state index is 0.0450. The molecule has 0 bridgehead atoms. The molecule has 0 aliphatic carbocycles. The van der Waals surface area contributed by atoms with Gasteiger partial charge in [0, 0.05) is 25.7 Å². The molecule has 1 fully saturated rings. The number of piperidine rings is 1. The molecule has 6 heteroatoms. The summed E-state index contributed by atoms with van der Waals surface area (Å²) in [6.45, 7) is 5.37. The zero-order valence-electron chi connectivity index (χ0n) is 12.7. The molecule has 1 saturated heterocycles. The van der Waals surface area contributed by atoms with Gasteiger partial charge in [-0.2, -0.15) is 5.10 Å². The van der Waals surface area contributed by atoms with Gasteiger partial charge in [0.15, 0.2) is 0 Å². The summed E-state index contributed by atoms with van der Waals surface area (Å²) in [5.41, 5.74) is 0.839. The number of carboxylic acids is 1. The third-order valence-electron chi connectivity index (χ3n) is 3.98. The third kappa shape index (κ3) is 3.09. The van der Waals surface area contributed by atoms with Gasteiger partial charge >= 0.3 is 5.97 Å². The van der Waals surface area contributed by atoms with Crippen LogP contribution in [-0.2, 0) is 16.1 Å².